The van der Waals surface area contributed by atoms with Gasteiger partial charge in [-0.05, 0) is 26.2 Å². The van der Waals surface area contributed by atoms with Crippen LogP contribution in [0.5, 0.6) is 0 Å². The van der Waals surface area contributed by atoms with Gasteiger partial charge in [-0.1, -0.05) is 11.3 Å². The Morgan fingerprint density at radius 3 is 3.00 bits per heavy atom. The van der Waals surface area contributed by atoms with E-state index >= 15 is 0 Å². The topological polar surface area (TPSA) is 80.5 Å². The Labute approximate surface area is 123 Å². The fraction of sp³-hybridized carbons (Fsp3) is 0.692. The lowest BCUT2D eigenvalue weighted by molar-refractivity contribution is 0.0725. The van der Waals surface area contributed by atoms with E-state index in [1.54, 1.807) is 7.11 Å². The molecule has 0 spiro atoms. The number of anilines is 2. The average Bonchev–Trinajstić information content (AvgIpc) is 3.04. The number of nitrogen functional groups attached to an aromatic ring is 1. The van der Waals surface area contributed by atoms with Crippen LogP contribution in [0.1, 0.15) is 35.9 Å². The largest absolute Gasteiger partial charge is 0.382 e. The molecule has 20 heavy (non-hydrogen) atoms. The van der Waals surface area contributed by atoms with Gasteiger partial charge < -0.3 is 20.7 Å². The zero-order valence-electron chi connectivity index (χ0n) is 12.2. The van der Waals surface area contributed by atoms with Crippen LogP contribution in [0.2, 0.25) is 0 Å². The van der Waals surface area contributed by atoms with Gasteiger partial charge in [0.25, 0.3) is 5.91 Å². The van der Waals surface area contributed by atoms with Crippen LogP contribution in [-0.2, 0) is 4.74 Å². The molecule has 7 heteroatoms. The van der Waals surface area contributed by atoms with E-state index < -0.39 is 0 Å². The van der Waals surface area contributed by atoms with Gasteiger partial charge in [0.2, 0.25) is 0 Å². The number of nitrogens with zero attached hydrogens (tertiary/aromatic N) is 2. The van der Waals surface area contributed by atoms with Gasteiger partial charge in [-0.3, -0.25) is 4.79 Å². The highest BCUT2D eigenvalue weighted by Gasteiger charge is 2.30. The Morgan fingerprint density at radius 1 is 1.60 bits per heavy atom. The third-order valence-electron chi connectivity index (χ3n) is 3.72. The zero-order valence-corrected chi connectivity index (χ0v) is 13.0. The molecule has 1 aliphatic carbocycles. The van der Waals surface area contributed by atoms with Gasteiger partial charge in [0.15, 0.2) is 5.13 Å². The standard InChI is InChI=1S/C13H22N4O2S/c1-4-17(2)13-16-11(14)10(20-13)12(18)15-8-6-5-7-9(8)19-3/h8-9H,4-7,14H2,1-3H3,(H,15,18). The molecule has 0 aliphatic heterocycles. The van der Waals surface area contributed by atoms with Crippen molar-refractivity contribution < 1.29 is 9.53 Å². The third-order valence-corrected chi connectivity index (χ3v) is 4.91. The number of carbonyl (C=O) groups is 1. The first-order valence-corrected chi connectivity index (χ1v) is 7.69. The van der Waals surface area contributed by atoms with Crippen LogP contribution in [0.25, 0.3) is 0 Å². The maximum Gasteiger partial charge on any atom is 0.265 e. The molecule has 0 bridgehead atoms. The monoisotopic (exact) mass is 298 g/mol. The summed E-state index contributed by atoms with van der Waals surface area (Å²) in [6.07, 6.45) is 3.12. The van der Waals surface area contributed by atoms with Gasteiger partial charge in [-0.2, -0.15) is 0 Å². The van der Waals surface area contributed by atoms with Crippen LogP contribution in [0.15, 0.2) is 0 Å². The molecule has 6 nitrogen and oxygen atoms in total. The molecule has 2 unspecified atom stereocenters. The van der Waals surface area contributed by atoms with Crippen LogP contribution >= 0.6 is 11.3 Å². The third kappa shape index (κ3) is 3.04. The second kappa shape index (κ2) is 6.41. The van der Waals surface area contributed by atoms with Crippen LogP contribution in [0, 0.1) is 0 Å². The summed E-state index contributed by atoms with van der Waals surface area (Å²) in [5, 5.41) is 3.78. The highest BCUT2D eigenvalue weighted by atomic mass is 32.1. The molecule has 1 amide bonds. The predicted octanol–water partition coefficient (Wildman–Crippen LogP) is 1.48. The van der Waals surface area contributed by atoms with E-state index in [4.69, 9.17) is 10.5 Å². The van der Waals surface area contributed by atoms with Crippen LogP contribution in [0.4, 0.5) is 10.9 Å². The number of amides is 1. The van der Waals surface area contributed by atoms with Crippen molar-refractivity contribution >= 4 is 28.2 Å². The molecule has 1 aromatic rings. The molecule has 2 atom stereocenters. The minimum Gasteiger partial charge on any atom is -0.382 e. The Bertz CT molecular complexity index is 477. The smallest absolute Gasteiger partial charge is 0.265 e. The summed E-state index contributed by atoms with van der Waals surface area (Å²) in [4.78, 5) is 19.0. The second-order valence-electron chi connectivity index (χ2n) is 5.01. The lowest BCUT2D eigenvalue weighted by atomic mass is 10.2. The van der Waals surface area contributed by atoms with E-state index in [1.165, 1.54) is 11.3 Å². The van der Waals surface area contributed by atoms with Crippen molar-refractivity contribution in [2.24, 2.45) is 0 Å². The van der Waals surface area contributed by atoms with Crippen molar-refractivity contribution in [2.75, 3.05) is 31.3 Å². The van der Waals surface area contributed by atoms with Crippen molar-refractivity contribution in [3.8, 4) is 0 Å². The van der Waals surface area contributed by atoms with Crippen molar-refractivity contribution in [3.63, 3.8) is 0 Å². The summed E-state index contributed by atoms with van der Waals surface area (Å²) >= 11 is 1.33. The highest BCUT2D eigenvalue weighted by molar-refractivity contribution is 7.18. The van der Waals surface area contributed by atoms with E-state index in [0.717, 1.165) is 30.9 Å². The maximum absolute atomic E-state index is 12.3. The van der Waals surface area contributed by atoms with Crippen LogP contribution in [-0.4, -0.2) is 43.7 Å². The maximum atomic E-state index is 12.3. The number of aromatic nitrogens is 1. The van der Waals surface area contributed by atoms with Crippen molar-refractivity contribution in [3.05, 3.63) is 4.88 Å². The van der Waals surface area contributed by atoms with Crippen molar-refractivity contribution in [1.29, 1.82) is 0 Å². The summed E-state index contributed by atoms with van der Waals surface area (Å²) in [6.45, 7) is 2.85. The number of carbonyl (C=O) groups excluding carboxylic acids is 1. The number of hydrogen-bond acceptors (Lipinski definition) is 6. The lowest BCUT2D eigenvalue weighted by Gasteiger charge is -2.19. The molecule has 3 N–H and O–H groups in total. The zero-order chi connectivity index (χ0) is 14.7. The van der Waals surface area contributed by atoms with Gasteiger partial charge in [0.1, 0.15) is 10.7 Å². The molecule has 1 saturated carbocycles. The SMILES string of the molecule is CCN(C)c1nc(N)c(C(=O)NC2CCCC2OC)s1. The normalized spacial score (nSPS) is 21.9. The van der Waals surface area contributed by atoms with E-state index in [2.05, 4.69) is 10.3 Å². The first-order valence-electron chi connectivity index (χ1n) is 6.87. The van der Waals surface area contributed by atoms with Gasteiger partial charge in [-0.25, -0.2) is 4.98 Å². The molecular weight excluding hydrogens is 276 g/mol. The van der Waals surface area contributed by atoms with E-state index in [0.29, 0.717) is 10.7 Å². The Morgan fingerprint density at radius 2 is 2.35 bits per heavy atom. The van der Waals surface area contributed by atoms with Gasteiger partial charge >= 0.3 is 0 Å². The average molecular weight is 298 g/mol. The minimum atomic E-state index is -0.148. The quantitative estimate of drug-likeness (QED) is 0.860. The number of nitrogens with one attached hydrogen (secondary N) is 1. The van der Waals surface area contributed by atoms with Gasteiger partial charge in [-0.15, -0.1) is 0 Å². The highest BCUT2D eigenvalue weighted by Crippen LogP contribution is 2.28. The Kier molecular flexibility index (Phi) is 4.82. The first kappa shape index (κ1) is 15.1. The van der Waals surface area contributed by atoms with Crippen LogP contribution in [0.3, 0.4) is 0 Å². The fourth-order valence-corrected chi connectivity index (χ4v) is 3.30. The summed E-state index contributed by atoms with van der Waals surface area (Å²) in [5.41, 5.74) is 5.86. The number of ether oxygens (including phenoxy) is 1. The molecule has 112 valence electrons. The van der Waals surface area contributed by atoms with E-state index in [1.807, 2.05) is 18.9 Å². The van der Waals surface area contributed by atoms with Crippen LogP contribution < -0.4 is 16.0 Å². The molecule has 1 aromatic heterocycles. The number of methoxy groups -OCH3 is 1. The summed E-state index contributed by atoms with van der Waals surface area (Å²) < 4.78 is 5.39. The molecule has 1 heterocycles. The lowest BCUT2D eigenvalue weighted by Crippen LogP contribution is -2.40. The number of rotatable bonds is 5. The van der Waals surface area contributed by atoms with Crippen molar-refractivity contribution in [1.82, 2.24) is 10.3 Å². The summed E-state index contributed by atoms with van der Waals surface area (Å²) in [6, 6.07) is 0.0707. The Hall–Kier alpha value is -1.34. The molecule has 2 rings (SSSR count). The van der Waals surface area contributed by atoms with Gasteiger partial charge in [0.05, 0.1) is 12.1 Å². The number of nitrogens with two attached hydrogens (primary N) is 1. The van der Waals surface area contributed by atoms with E-state index in [-0.39, 0.29) is 18.1 Å². The molecule has 0 radical (unpaired) electrons. The molecule has 1 fully saturated rings. The first-order chi connectivity index (χ1) is 9.56. The fourth-order valence-electron chi connectivity index (χ4n) is 2.39. The predicted molar refractivity (Wildman–Crippen MR) is 81.4 cm³/mol. The van der Waals surface area contributed by atoms with Gasteiger partial charge in [0, 0.05) is 20.7 Å². The number of thiazole rings is 1. The molecule has 1 aliphatic rings. The van der Waals surface area contributed by atoms with E-state index in [9.17, 15) is 4.79 Å². The summed E-state index contributed by atoms with van der Waals surface area (Å²) in [5.74, 6) is 0.152. The summed E-state index contributed by atoms with van der Waals surface area (Å²) in [7, 11) is 3.61. The molecular formula is C13H22N4O2S. The second-order valence-corrected chi connectivity index (χ2v) is 5.99. The Balaban J connectivity index is 2.07. The number of hydrogen-bond donors (Lipinski definition) is 2. The molecule has 0 aromatic carbocycles. The minimum absolute atomic E-state index is 0.0707. The molecule has 0 saturated heterocycles. The van der Waals surface area contributed by atoms with Crippen molar-refractivity contribution in [2.45, 2.75) is 38.3 Å².